The number of aromatic nitrogens is 2. The Morgan fingerprint density at radius 2 is 1.96 bits per heavy atom. The van der Waals surface area contributed by atoms with Crippen LogP contribution in [0.2, 0.25) is 0 Å². The summed E-state index contributed by atoms with van der Waals surface area (Å²) in [4.78, 5) is 28.7. The van der Waals surface area contributed by atoms with Gasteiger partial charge in [-0.05, 0) is 37.5 Å². The van der Waals surface area contributed by atoms with E-state index in [1.54, 1.807) is 18.2 Å². The third-order valence-electron chi connectivity index (χ3n) is 4.50. The molecular formula is C18H22N4O4S. The predicted molar refractivity (Wildman–Crippen MR) is 101 cm³/mol. The van der Waals surface area contributed by atoms with Gasteiger partial charge in [-0.15, -0.1) is 0 Å². The standard InChI is InChI=1S/C18H22N4O4S/c1-4-27(25,26)18-19-10-15(22(18)3)17(24)21-14-9-12(6-5-11(14)2)16(23)20-13-7-8-13/h5-6,9-10,13H,4,7-8H2,1-3H3,(H,20,23)(H,21,24). The van der Waals surface area contributed by atoms with E-state index in [9.17, 15) is 18.0 Å². The minimum atomic E-state index is -3.53. The molecule has 9 heteroatoms. The minimum absolute atomic E-state index is 0.101. The van der Waals surface area contributed by atoms with Gasteiger partial charge in [0.25, 0.3) is 11.8 Å². The van der Waals surface area contributed by atoms with Gasteiger partial charge < -0.3 is 15.2 Å². The first-order chi connectivity index (χ1) is 12.7. The molecule has 27 heavy (non-hydrogen) atoms. The number of imidazole rings is 1. The van der Waals surface area contributed by atoms with E-state index in [0.717, 1.165) is 18.4 Å². The maximum atomic E-state index is 12.6. The number of hydrogen-bond donors (Lipinski definition) is 2. The minimum Gasteiger partial charge on any atom is -0.349 e. The molecule has 3 rings (SSSR count). The van der Waals surface area contributed by atoms with Crippen molar-refractivity contribution in [1.82, 2.24) is 14.9 Å². The molecule has 0 bridgehead atoms. The quantitative estimate of drug-likeness (QED) is 0.780. The van der Waals surface area contributed by atoms with E-state index < -0.39 is 15.7 Å². The lowest BCUT2D eigenvalue weighted by molar-refractivity contribution is 0.0949. The highest BCUT2D eigenvalue weighted by molar-refractivity contribution is 7.91. The summed E-state index contributed by atoms with van der Waals surface area (Å²) in [5.41, 5.74) is 1.86. The Balaban J connectivity index is 1.83. The van der Waals surface area contributed by atoms with Gasteiger partial charge in [0.15, 0.2) is 0 Å². The number of sulfone groups is 1. The second kappa shape index (κ2) is 7.15. The number of aryl methyl sites for hydroxylation is 1. The van der Waals surface area contributed by atoms with Crippen LogP contribution in [-0.2, 0) is 16.9 Å². The van der Waals surface area contributed by atoms with Crippen LogP contribution in [-0.4, -0.2) is 41.6 Å². The van der Waals surface area contributed by atoms with E-state index in [-0.39, 0.29) is 28.6 Å². The van der Waals surface area contributed by atoms with Gasteiger partial charge in [-0.2, -0.15) is 0 Å². The molecule has 1 aromatic carbocycles. The number of benzene rings is 1. The summed E-state index contributed by atoms with van der Waals surface area (Å²) in [6.45, 7) is 3.33. The molecule has 1 aliphatic carbocycles. The molecule has 1 saturated carbocycles. The first-order valence-corrected chi connectivity index (χ1v) is 10.4. The first-order valence-electron chi connectivity index (χ1n) is 8.70. The Kier molecular flexibility index (Phi) is 5.05. The number of carbonyl (C=O) groups excluding carboxylic acids is 2. The topological polar surface area (TPSA) is 110 Å². The number of anilines is 1. The summed E-state index contributed by atoms with van der Waals surface area (Å²) in [6.07, 6.45) is 3.21. The molecule has 0 radical (unpaired) electrons. The van der Waals surface area contributed by atoms with Crippen molar-refractivity contribution in [2.45, 2.75) is 37.9 Å². The van der Waals surface area contributed by atoms with Crippen molar-refractivity contribution in [3.05, 3.63) is 41.2 Å². The van der Waals surface area contributed by atoms with Gasteiger partial charge in [0.05, 0.1) is 11.9 Å². The summed E-state index contributed by atoms with van der Waals surface area (Å²) in [5.74, 6) is -0.772. The number of hydrogen-bond acceptors (Lipinski definition) is 5. The van der Waals surface area contributed by atoms with Crippen LogP contribution in [0, 0.1) is 6.92 Å². The number of nitrogens with zero attached hydrogens (tertiary/aromatic N) is 2. The SMILES string of the molecule is CCS(=O)(=O)c1ncc(C(=O)Nc2cc(C(=O)NC3CC3)ccc2C)n1C. The molecule has 1 fully saturated rings. The van der Waals surface area contributed by atoms with Gasteiger partial charge in [0.2, 0.25) is 15.0 Å². The lowest BCUT2D eigenvalue weighted by atomic mass is 10.1. The van der Waals surface area contributed by atoms with E-state index in [4.69, 9.17) is 0 Å². The lowest BCUT2D eigenvalue weighted by Gasteiger charge is -2.11. The van der Waals surface area contributed by atoms with Crippen molar-refractivity contribution >= 4 is 27.3 Å². The Morgan fingerprint density at radius 1 is 1.26 bits per heavy atom. The van der Waals surface area contributed by atoms with Crippen molar-refractivity contribution in [2.24, 2.45) is 7.05 Å². The van der Waals surface area contributed by atoms with Crippen LogP contribution in [0.15, 0.2) is 29.6 Å². The van der Waals surface area contributed by atoms with Crippen LogP contribution in [0.4, 0.5) is 5.69 Å². The highest BCUT2D eigenvalue weighted by Gasteiger charge is 2.25. The summed E-state index contributed by atoms with van der Waals surface area (Å²) >= 11 is 0. The van der Waals surface area contributed by atoms with E-state index >= 15 is 0 Å². The molecule has 0 saturated heterocycles. The largest absolute Gasteiger partial charge is 0.349 e. The van der Waals surface area contributed by atoms with Crippen LogP contribution < -0.4 is 10.6 Å². The van der Waals surface area contributed by atoms with E-state index in [1.165, 1.54) is 24.7 Å². The molecule has 1 aromatic heterocycles. The molecule has 0 spiro atoms. The smallest absolute Gasteiger partial charge is 0.273 e. The highest BCUT2D eigenvalue weighted by atomic mass is 32.2. The zero-order valence-corrected chi connectivity index (χ0v) is 16.3. The van der Waals surface area contributed by atoms with Gasteiger partial charge in [-0.1, -0.05) is 13.0 Å². The third kappa shape index (κ3) is 4.02. The van der Waals surface area contributed by atoms with Crippen LogP contribution in [0.25, 0.3) is 0 Å². The van der Waals surface area contributed by atoms with Gasteiger partial charge in [-0.25, -0.2) is 13.4 Å². The molecule has 2 amide bonds. The number of nitrogens with one attached hydrogen (secondary N) is 2. The van der Waals surface area contributed by atoms with Crippen molar-refractivity contribution in [3.63, 3.8) is 0 Å². The fraction of sp³-hybridized carbons (Fsp3) is 0.389. The number of amides is 2. The normalized spacial score (nSPS) is 14.0. The molecule has 2 N–H and O–H groups in total. The van der Waals surface area contributed by atoms with Crippen molar-refractivity contribution in [3.8, 4) is 0 Å². The van der Waals surface area contributed by atoms with Crippen LogP contribution >= 0.6 is 0 Å². The Bertz CT molecular complexity index is 1010. The molecule has 1 aliphatic rings. The summed E-state index contributed by atoms with van der Waals surface area (Å²) < 4.78 is 25.3. The van der Waals surface area contributed by atoms with Crippen molar-refractivity contribution in [2.75, 3.05) is 11.1 Å². The van der Waals surface area contributed by atoms with Crippen LogP contribution in [0.5, 0.6) is 0 Å². The summed E-state index contributed by atoms with van der Waals surface area (Å²) in [6, 6.07) is 5.32. The van der Waals surface area contributed by atoms with Gasteiger partial charge in [0.1, 0.15) is 5.69 Å². The second-order valence-electron chi connectivity index (χ2n) is 6.62. The van der Waals surface area contributed by atoms with E-state index in [0.29, 0.717) is 11.3 Å². The van der Waals surface area contributed by atoms with E-state index in [1.807, 2.05) is 6.92 Å². The molecule has 8 nitrogen and oxygen atoms in total. The Hall–Kier alpha value is -2.68. The number of carbonyl (C=O) groups is 2. The molecule has 2 aromatic rings. The lowest BCUT2D eigenvalue weighted by Crippen LogP contribution is -2.25. The molecule has 144 valence electrons. The number of rotatable bonds is 6. The fourth-order valence-electron chi connectivity index (χ4n) is 2.60. The van der Waals surface area contributed by atoms with Crippen LogP contribution in [0.1, 0.15) is 46.2 Å². The maximum absolute atomic E-state index is 12.6. The molecular weight excluding hydrogens is 368 g/mol. The summed E-state index contributed by atoms with van der Waals surface area (Å²) in [5, 5.41) is 5.50. The second-order valence-corrected chi connectivity index (χ2v) is 8.79. The molecule has 1 heterocycles. The third-order valence-corrected chi connectivity index (χ3v) is 6.19. The Morgan fingerprint density at radius 3 is 2.59 bits per heavy atom. The zero-order chi connectivity index (χ0) is 19.8. The average Bonchev–Trinajstić information content (AvgIpc) is 3.35. The van der Waals surface area contributed by atoms with Crippen LogP contribution in [0.3, 0.4) is 0 Å². The Labute approximate surface area is 157 Å². The van der Waals surface area contributed by atoms with Gasteiger partial charge in [0, 0.05) is 24.3 Å². The van der Waals surface area contributed by atoms with E-state index in [2.05, 4.69) is 15.6 Å². The maximum Gasteiger partial charge on any atom is 0.273 e. The first kappa shape index (κ1) is 19.1. The zero-order valence-electron chi connectivity index (χ0n) is 15.4. The van der Waals surface area contributed by atoms with Gasteiger partial charge in [-0.3, -0.25) is 9.59 Å². The fourth-order valence-corrected chi connectivity index (χ4v) is 3.59. The molecule has 0 unspecified atom stereocenters. The predicted octanol–water partition coefficient (Wildman–Crippen LogP) is 1.67. The molecule has 0 aliphatic heterocycles. The monoisotopic (exact) mass is 390 g/mol. The highest BCUT2D eigenvalue weighted by Crippen LogP contribution is 2.22. The average molecular weight is 390 g/mol. The molecule has 0 atom stereocenters. The van der Waals surface area contributed by atoms with Gasteiger partial charge >= 0.3 is 0 Å². The van der Waals surface area contributed by atoms with Crippen molar-refractivity contribution < 1.29 is 18.0 Å². The summed E-state index contributed by atoms with van der Waals surface area (Å²) in [7, 11) is -2.04. The van der Waals surface area contributed by atoms with Crippen molar-refractivity contribution in [1.29, 1.82) is 0 Å².